The molecular formula is C22H30N8O2. The Hall–Kier alpha value is -3.37. The lowest BCUT2D eigenvalue weighted by atomic mass is 10.1. The fourth-order valence-corrected chi connectivity index (χ4v) is 3.92. The third-order valence-electron chi connectivity index (χ3n) is 5.86. The van der Waals surface area contributed by atoms with Gasteiger partial charge in [-0.2, -0.15) is 0 Å². The Morgan fingerprint density at radius 2 is 1.97 bits per heavy atom. The number of carbonyl (C=O) groups is 1. The first-order chi connectivity index (χ1) is 15.4. The average molecular weight is 439 g/mol. The van der Waals surface area contributed by atoms with Gasteiger partial charge < -0.3 is 20.7 Å². The first-order valence-electron chi connectivity index (χ1n) is 10.7. The van der Waals surface area contributed by atoms with Gasteiger partial charge in [-0.15, -0.1) is 10.2 Å². The molecule has 2 fully saturated rings. The molecule has 32 heavy (non-hydrogen) atoms. The van der Waals surface area contributed by atoms with Crippen molar-refractivity contribution < 1.29 is 9.53 Å². The summed E-state index contributed by atoms with van der Waals surface area (Å²) in [5.74, 6) is 7.45. The van der Waals surface area contributed by atoms with Crippen LogP contribution in [0.4, 0.5) is 11.5 Å². The molecule has 1 aromatic carbocycles. The quantitative estimate of drug-likeness (QED) is 0.433. The highest BCUT2D eigenvalue weighted by Gasteiger charge is 2.35. The van der Waals surface area contributed by atoms with Gasteiger partial charge in [0, 0.05) is 44.5 Å². The fraction of sp³-hybridized carbons (Fsp3) is 0.409. The summed E-state index contributed by atoms with van der Waals surface area (Å²) in [5.41, 5.74) is 9.21. The molecule has 1 unspecified atom stereocenters. The van der Waals surface area contributed by atoms with Crippen molar-refractivity contribution in [2.75, 3.05) is 49.2 Å². The Morgan fingerprint density at radius 1 is 1.19 bits per heavy atom. The largest absolute Gasteiger partial charge is 0.470 e. The number of amides is 1. The van der Waals surface area contributed by atoms with Crippen molar-refractivity contribution in [2.45, 2.75) is 19.9 Å². The van der Waals surface area contributed by atoms with Crippen molar-refractivity contribution in [1.82, 2.24) is 20.4 Å². The van der Waals surface area contributed by atoms with Gasteiger partial charge in [0.15, 0.2) is 5.82 Å². The molecule has 1 amide bonds. The van der Waals surface area contributed by atoms with Gasteiger partial charge in [-0.25, -0.2) is 5.84 Å². The molecule has 1 aromatic heterocycles. The Balaban J connectivity index is 1.38. The minimum atomic E-state index is -0.146. The summed E-state index contributed by atoms with van der Waals surface area (Å²) in [7, 11) is 0. The van der Waals surface area contributed by atoms with Crippen molar-refractivity contribution in [3.63, 3.8) is 0 Å². The van der Waals surface area contributed by atoms with Gasteiger partial charge >= 0.3 is 0 Å². The third kappa shape index (κ3) is 4.76. The maximum absolute atomic E-state index is 12.2. The summed E-state index contributed by atoms with van der Waals surface area (Å²) in [6.07, 6.45) is 0. The zero-order valence-electron chi connectivity index (χ0n) is 18.5. The summed E-state index contributed by atoms with van der Waals surface area (Å²) in [6.45, 7) is 7.78. The van der Waals surface area contributed by atoms with Crippen molar-refractivity contribution in [2.24, 2.45) is 11.6 Å². The van der Waals surface area contributed by atoms with Crippen LogP contribution < -0.4 is 31.5 Å². The molecule has 0 saturated carbocycles. The van der Waals surface area contributed by atoms with E-state index in [1.165, 1.54) is 5.01 Å². The van der Waals surface area contributed by atoms with Gasteiger partial charge in [-0.1, -0.05) is 17.7 Å². The lowest BCUT2D eigenvalue weighted by Gasteiger charge is -2.43. The van der Waals surface area contributed by atoms with E-state index in [9.17, 15) is 4.79 Å². The molecule has 0 radical (unpaired) electrons. The second kappa shape index (κ2) is 9.41. The minimum Gasteiger partial charge on any atom is -0.470 e. The molecule has 2 aliphatic heterocycles. The second-order valence-corrected chi connectivity index (χ2v) is 8.14. The van der Waals surface area contributed by atoms with Crippen LogP contribution in [0.2, 0.25) is 0 Å². The molecule has 10 nitrogen and oxygen atoms in total. The summed E-state index contributed by atoms with van der Waals surface area (Å²) >= 11 is 0. The number of rotatable bonds is 6. The zero-order chi connectivity index (χ0) is 22.7. The van der Waals surface area contributed by atoms with E-state index in [1.54, 1.807) is 13.0 Å². The number of nitrogens with zero attached hydrogens (tertiary/aromatic N) is 5. The van der Waals surface area contributed by atoms with E-state index in [-0.39, 0.29) is 18.6 Å². The molecule has 2 saturated heterocycles. The van der Waals surface area contributed by atoms with E-state index in [4.69, 9.17) is 16.3 Å². The molecule has 2 aliphatic rings. The van der Waals surface area contributed by atoms with Gasteiger partial charge in [-0.05, 0) is 32.0 Å². The van der Waals surface area contributed by atoms with E-state index >= 15 is 0 Å². The third-order valence-corrected chi connectivity index (χ3v) is 5.86. The monoisotopic (exact) mass is 438 g/mol. The smallest absolute Gasteiger partial charge is 0.239 e. The number of allylic oxidation sites excluding steroid dienone is 1. The number of aromatic nitrogens is 2. The fourth-order valence-electron chi connectivity index (χ4n) is 3.92. The molecule has 170 valence electrons. The number of carbonyl (C=O) groups excluding carboxylic acids is 1. The van der Waals surface area contributed by atoms with Crippen molar-refractivity contribution >= 4 is 17.4 Å². The SMILES string of the molecule is C/C(N)=C(\COc1ccc(N2CCN3CCNC(=O)C3C2)nn1)N(N)c1ccc(C)cc1. The number of fused-ring (bicyclic) bond motifs is 1. The van der Waals surface area contributed by atoms with Crippen molar-refractivity contribution in [1.29, 1.82) is 0 Å². The van der Waals surface area contributed by atoms with Crippen molar-refractivity contribution in [3.8, 4) is 5.88 Å². The molecular weight excluding hydrogens is 408 g/mol. The molecule has 5 N–H and O–H groups in total. The normalized spacial score (nSPS) is 19.7. The molecule has 1 atom stereocenters. The molecule has 0 spiro atoms. The molecule has 10 heteroatoms. The zero-order valence-corrected chi connectivity index (χ0v) is 18.5. The highest BCUT2D eigenvalue weighted by atomic mass is 16.5. The van der Waals surface area contributed by atoms with E-state index in [0.717, 1.165) is 36.7 Å². The average Bonchev–Trinajstić information content (AvgIpc) is 2.80. The minimum absolute atomic E-state index is 0.0743. The summed E-state index contributed by atoms with van der Waals surface area (Å²) in [6, 6.07) is 11.3. The summed E-state index contributed by atoms with van der Waals surface area (Å²) in [4.78, 5) is 16.5. The standard InChI is InChI=1S/C22H30N8O2/c1-15-3-5-17(6-4-15)30(24)19(16(2)23)14-32-21-8-7-20(26-27-21)29-12-11-28-10-9-25-22(31)18(28)13-29/h3-8,18H,9-14,23-24H2,1-2H3,(H,25,31)/b19-16-. The number of hydrogen-bond donors (Lipinski definition) is 3. The van der Waals surface area contributed by atoms with Crippen LogP contribution in [0, 0.1) is 6.92 Å². The highest BCUT2D eigenvalue weighted by molar-refractivity contribution is 5.83. The number of ether oxygens (including phenoxy) is 1. The lowest BCUT2D eigenvalue weighted by molar-refractivity contribution is -0.129. The molecule has 3 heterocycles. The first kappa shape index (κ1) is 21.8. The number of hydrazine groups is 1. The second-order valence-electron chi connectivity index (χ2n) is 8.14. The topological polar surface area (TPSA) is 126 Å². The Morgan fingerprint density at radius 3 is 2.66 bits per heavy atom. The van der Waals surface area contributed by atoms with E-state index in [1.807, 2.05) is 37.3 Å². The number of aryl methyl sites for hydroxylation is 1. The Labute approximate surface area is 187 Å². The van der Waals surface area contributed by atoms with Gasteiger partial charge in [0.1, 0.15) is 12.6 Å². The molecule has 2 aromatic rings. The predicted molar refractivity (Wildman–Crippen MR) is 123 cm³/mol. The van der Waals surface area contributed by atoms with Gasteiger partial charge in [-0.3, -0.25) is 14.7 Å². The maximum atomic E-state index is 12.2. The lowest BCUT2D eigenvalue weighted by Crippen LogP contribution is -2.64. The van der Waals surface area contributed by atoms with E-state index < -0.39 is 0 Å². The highest BCUT2D eigenvalue weighted by Crippen LogP contribution is 2.21. The van der Waals surface area contributed by atoms with Gasteiger partial charge in [0.05, 0.1) is 11.4 Å². The number of hydrogen-bond acceptors (Lipinski definition) is 9. The van der Waals surface area contributed by atoms with Crippen LogP contribution >= 0.6 is 0 Å². The van der Waals surface area contributed by atoms with Gasteiger partial charge in [0.2, 0.25) is 11.8 Å². The van der Waals surface area contributed by atoms with E-state index in [2.05, 4.69) is 25.3 Å². The van der Waals surface area contributed by atoms with Crippen LogP contribution in [0.15, 0.2) is 47.8 Å². The van der Waals surface area contributed by atoms with Crippen LogP contribution in [0.5, 0.6) is 5.88 Å². The molecule has 4 rings (SSSR count). The van der Waals surface area contributed by atoms with Crippen LogP contribution in [0.1, 0.15) is 12.5 Å². The van der Waals surface area contributed by atoms with Crippen LogP contribution in [-0.4, -0.2) is 66.4 Å². The summed E-state index contributed by atoms with van der Waals surface area (Å²) in [5, 5.41) is 13.0. The van der Waals surface area contributed by atoms with Crippen LogP contribution in [0.3, 0.4) is 0 Å². The Bertz CT molecular complexity index is 972. The number of anilines is 2. The summed E-state index contributed by atoms with van der Waals surface area (Å²) < 4.78 is 5.82. The van der Waals surface area contributed by atoms with Crippen molar-refractivity contribution in [3.05, 3.63) is 53.4 Å². The number of nitrogens with one attached hydrogen (secondary N) is 1. The molecule has 0 aliphatic carbocycles. The number of piperazine rings is 2. The first-order valence-corrected chi connectivity index (χ1v) is 10.7. The van der Waals surface area contributed by atoms with Gasteiger partial charge in [0.25, 0.3) is 0 Å². The predicted octanol–water partition coefficient (Wildman–Crippen LogP) is 0.355. The van der Waals surface area contributed by atoms with E-state index in [0.29, 0.717) is 30.4 Å². The Kier molecular flexibility index (Phi) is 6.42. The molecule has 0 bridgehead atoms. The van der Waals surface area contributed by atoms with Crippen LogP contribution in [0.25, 0.3) is 0 Å². The number of benzene rings is 1. The van der Waals surface area contributed by atoms with Crippen LogP contribution in [-0.2, 0) is 4.79 Å². The number of nitrogens with two attached hydrogens (primary N) is 2. The maximum Gasteiger partial charge on any atom is 0.239 e.